The summed E-state index contributed by atoms with van der Waals surface area (Å²) in [5.41, 5.74) is 10.9. The summed E-state index contributed by atoms with van der Waals surface area (Å²) in [6.07, 6.45) is 1.96. The Bertz CT molecular complexity index is 1430. The number of amides is 1. The van der Waals surface area contributed by atoms with Gasteiger partial charge in [-0.15, -0.1) is 0 Å². The van der Waals surface area contributed by atoms with Gasteiger partial charge in [0.05, 0.1) is 17.0 Å². The lowest BCUT2D eigenvalue weighted by molar-refractivity contribution is 0.0711. The highest BCUT2D eigenvalue weighted by Gasteiger charge is 2.28. The van der Waals surface area contributed by atoms with Crippen molar-refractivity contribution in [3.63, 3.8) is 0 Å². The van der Waals surface area contributed by atoms with Crippen LogP contribution in [0.25, 0.3) is 22.2 Å². The normalized spacial score (nSPS) is 14.8. The van der Waals surface area contributed by atoms with Gasteiger partial charge in [0.1, 0.15) is 0 Å². The van der Waals surface area contributed by atoms with E-state index in [0.29, 0.717) is 11.8 Å². The molecular formula is C30H37N5O. The van der Waals surface area contributed by atoms with Crippen LogP contribution >= 0.6 is 0 Å². The number of piperidine rings is 1. The molecule has 6 nitrogen and oxygen atoms in total. The van der Waals surface area contributed by atoms with E-state index < -0.39 is 0 Å². The molecule has 36 heavy (non-hydrogen) atoms. The van der Waals surface area contributed by atoms with E-state index in [0.717, 1.165) is 54.3 Å². The summed E-state index contributed by atoms with van der Waals surface area (Å²) in [5.74, 6) is 0.967. The SMILES string of the molecule is Cc1cc(-c2[nH]c3ccc(C4CCN(C(=O)c5c(C)nn(C)c5C)CC4)cc3c2C(C)C)cc(C)n1. The standard InChI is InChI=1S/C30H37N5O/c1-17(2)27-25-16-23(8-9-26(25)32-29(27)24-14-18(3)31-19(4)15-24)22-10-12-35(13-11-22)30(36)28-20(5)33-34(7)21(28)6/h8-9,14-17,22,32H,10-13H2,1-7H3. The number of likely N-dealkylation sites (tertiary alicyclic amines) is 1. The van der Waals surface area contributed by atoms with Gasteiger partial charge in [-0.2, -0.15) is 5.10 Å². The van der Waals surface area contributed by atoms with E-state index in [1.165, 1.54) is 33.3 Å². The van der Waals surface area contributed by atoms with E-state index in [2.05, 4.69) is 73.1 Å². The van der Waals surface area contributed by atoms with Gasteiger partial charge >= 0.3 is 0 Å². The number of nitrogens with zero attached hydrogens (tertiary/aromatic N) is 4. The zero-order valence-corrected chi connectivity index (χ0v) is 22.6. The highest BCUT2D eigenvalue weighted by Crippen LogP contribution is 2.38. The lowest BCUT2D eigenvalue weighted by atomic mass is 9.87. The van der Waals surface area contributed by atoms with E-state index in [4.69, 9.17) is 0 Å². The second-order valence-electron chi connectivity index (χ2n) is 10.7. The van der Waals surface area contributed by atoms with Crippen molar-refractivity contribution in [3.8, 4) is 11.3 Å². The molecule has 188 valence electrons. The van der Waals surface area contributed by atoms with Crippen LogP contribution < -0.4 is 0 Å². The first-order chi connectivity index (χ1) is 17.1. The number of H-pyrrole nitrogens is 1. The molecule has 4 heterocycles. The van der Waals surface area contributed by atoms with E-state index >= 15 is 0 Å². The number of hydrogen-bond donors (Lipinski definition) is 1. The zero-order chi connectivity index (χ0) is 25.7. The molecule has 1 aromatic carbocycles. The van der Waals surface area contributed by atoms with Gasteiger partial charge in [0.2, 0.25) is 0 Å². The summed E-state index contributed by atoms with van der Waals surface area (Å²) in [6.45, 7) is 14.1. The van der Waals surface area contributed by atoms with Crippen molar-refractivity contribution >= 4 is 16.8 Å². The third-order valence-electron chi connectivity index (χ3n) is 7.79. The maximum absolute atomic E-state index is 13.2. The molecule has 1 aliphatic rings. The third kappa shape index (κ3) is 4.23. The van der Waals surface area contributed by atoms with Gasteiger partial charge in [0.15, 0.2) is 0 Å². The first-order valence-corrected chi connectivity index (χ1v) is 13.0. The number of aryl methyl sites for hydroxylation is 4. The van der Waals surface area contributed by atoms with E-state index in [9.17, 15) is 4.79 Å². The molecule has 0 bridgehead atoms. The van der Waals surface area contributed by atoms with Crippen LogP contribution in [0.2, 0.25) is 0 Å². The molecule has 1 saturated heterocycles. The van der Waals surface area contributed by atoms with Gasteiger partial charge in [-0.25, -0.2) is 0 Å². The van der Waals surface area contributed by atoms with Crippen molar-refractivity contribution in [1.82, 2.24) is 24.6 Å². The topological polar surface area (TPSA) is 66.8 Å². The van der Waals surface area contributed by atoms with E-state index in [1.807, 2.05) is 25.8 Å². The maximum Gasteiger partial charge on any atom is 0.257 e. The fourth-order valence-electron chi connectivity index (χ4n) is 5.95. The molecule has 1 N–H and O–H groups in total. The summed E-state index contributed by atoms with van der Waals surface area (Å²) in [5, 5.41) is 5.75. The number of carbonyl (C=O) groups is 1. The minimum Gasteiger partial charge on any atom is -0.354 e. The van der Waals surface area contributed by atoms with Crippen LogP contribution in [0.1, 0.15) is 82.8 Å². The highest BCUT2D eigenvalue weighted by atomic mass is 16.2. The van der Waals surface area contributed by atoms with E-state index in [1.54, 1.807) is 4.68 Å². The number of fused-ring (bicyclic) bond motifs is 1. The van der Waals surface area contributed by atoms with Crippen molar-refractivity contribution in [2.45, 2.75) is 66.2 Å². The number of carbonyl (C=O) groups excluding carboxylic acids is 1. The molecule has 1 aliphatic heterocycles. The Morgan fingerprint density at radius 1 is 1.03 bits per heavy atom. The predicted octanol–water partition coefficient (Wildman–Crippen LogP) is 6.34. The summed E-state index contributed by atoms with van der Waals surface area (Å²) in [7, 11) is 1.90. The maximum atomic E-state index is 13.2. The Morgan fingerprint density at radius 2 is 1.69 bits per heavy atom. The lowest BCUT2D eigenvalue weighted by Gasteiger charge is -2.32. The molecule has 5 rings (SSSR count). The highest BCUT2D eigenvalue weighted by molar-refractivity contribution is 5.96. The Labute approximate surface area is 213 Å². The molecule has 4 aromatic rings. The molecule has 0 aliphatic carbocycles. The molecule has 0 spiro atoms. The van der Waals surface area contributed by atoms with Gasteiger partial charge in [-0.3, -0.25) is 14.5 Å². The molecule has 0 unspecified atom stereocenters. The second-order valence-corrected chi connectivity index (χ2v) is 10.7. The van der Waals surface area contributed by atoms with Crippen LogP contribution in [0.4, 0.5) is 0 Å². The molecule has 1 amide bonds. The van der Waals surface area contributed by atoms with Crippen molar-refractivity contribution in [3.05, 3.63) is 69.8 Å². The fourth-order valence-corrected chi connectivity index (χ4v) is 5.95. The van der Waals surface area contributed by atoms with Crippen LogP contribution in [0.5, 0.6) is 0 Å². The zero-order valence-electron chi connectivity index (χ0n) is 22.6. The average molecular weight is 484 g/mol. The summed E-state index contributed by atoms with van der Waals surface area (Å²) in [6, 6.07) is 11.2. The molecule has 0 radical (unpaired) electrons. The molecular weight excluding hydrogens is 446 g/mol. The smallest absolute Gasteiger partial charge is 0.257 e. The molecule has 0 atom stereocenters. The van der Waals surface area contributed by atoms with Crippen LogP contribution in [-0.4, -0.2) is 43.6 Å². The van der Waals surface area contributed by atoms with Crippen molar-refractivity contribution in [2.24, 2.45) is 7.05 Å². The number of hydrogen-bond acceptors (Lipinski definition) is 3. The van der Waals surface area contributed by atoms with E-state index in [-0.39, 0.29) is 5.91 Å². The lowest BCUT2D eigenvalue weighted by Crippen LogP contribution is -2.38. The number of nitrogens with one attached hydrogen (secondary N) is 1. The van der Waals surface area contributed by atoms with Gasteiger partial charge in [0, 0.05) is 53.7 Å². The Morgan fingerprint density at radius 3 is 2.28 bits per heavy atom. The molecule has 1 fully saturated rings. The Kier molecular flexibility index (Phi) is 6.23. The number of aromatic nitrogens is 4. The third-order valence-corrected chi connectivity index (χ3v) is 7.79. The van der Waals surface area contributed by atoms with Gasteiger partial charge in [-0.1, -0.05) is 19.9 Å². The molecule has 0 saturated carbocycles. The largest absolute Gasteiger partial charge is 0.354 e. The summed E-state index contributed by atoms with van der Waals surface area (Å²) < 4.78 is 1.80. The van der Waals surface area contributed by atoms with Crippen molar-refractivity contribution in [1.29, 1.82) is 0 Å². The second kappa shape index (κ2) is 9.23. The van der Waals surface area contributed by atoms with Crippen LogP contribution in [0, 0.1) is 27.7 Å². The van der Waals surface area contributed by atoms with Crippen LogP contribution in [0.15, 0.2) is 30.3 Å². The van der Waals surface area contributed by atoms with Gasteiger partial charge < -0.3 is 9.88 Å². The van der Waals surface area contributed by atoms with Gasteiger partial charge in [-0.05, 0) is 87.8 Å². The fraction of sp³-hybridized carbons (Fsp3) is 0.433. The van der Waals surface area contributed by atoms with Crippen molar-refractivity contribution < 1.29 is 4.79 Å². The van der Waals surface area contributed by atoms with Gasteiger partial charge in [0.25, 0.3) is 5.91 Å². The minimum absolute atomic E-state index is 0.118. The first kappa shape index (κ1) is 24.3. The summed E-state index contributed by atoms with van der Waals surface area (Å²) in [4.78, 5) is 23.5. The van der Waals surface area contributed by atoms with Crippen LogP contribution in [0.3, 0.4) is 0 Å². The monoisotopic (exact) mass is 483 g/mol. The summed E-state index contributed by atoms with van der Waals surface area (Å²) >= 11 is 0. The molecule has 3 aromatic heterocycles. The number of rotatable bonds is 4. The minimum atomic E-state index is 0.118. The number of pyridine rings is 1. The first-order valence-electron chi connectivity index (χ1n) is 13.0. The Hall–Kier alpha value is -3.41. The molecule has 6 heteroatoms. The van der Waals surface area contributed by atoms with Crippen molar-refractivity contribution in [2.75, 3.05) is 13.1 Å². The van der Waals surface area contributed by atoms with Crippen LogP contribution in [-0.2, 0) is 7.05 Å². The quantitative estimate of drug-likeness (QED) is 0.368. The Balaban J connectivity index is 1.41. The predicted molar refractivity (Wildman–Crippen MR) is 146 cm³/mol. The number of aromatic amines is 1. The number of benzene rings is 1. The average Bonchev–Trinajstić information content (AvgIpc) is 3.34.